The van der Waals surface area contributed by atoms with Gasteiger partial charge in [0.05, 0.1) is 33.0 Å². The maximum atomic E-state index is 9.43. The Kier molecular flexibility index (Phi) is 6.96. The summed E-state index contributed by atoms with van der Waals surface area (Å²) in [5, 5.41) is 11.4. The van der Waals surface area contributed by atoms with Crippen LogP contribution in [0.1, 0.15) is 0 Å². The Morgan fingerprint density at radius 3 is 2.18 bits per heavy atom. The smallest absolute Gasteiger partial charge is 0.120 e. The average molecular weight is 306 g/mol. The van der Waals surface area contributed by atoms with E-state index in [0.29, 0.717) is 39.6 Å². The van der Waals surface area contributed by atoms with E-state index in [2.05, 4.69) is 0 Å². The second kappa shape index (κ2) is 9.25. The molecule has 0 heterocycles. The lowest BCUT2D eigenvalue weighted by Gasteiger charge is -2.08. The first-order valence-electron chi connectivity index (χ1n) is 7.29. The highest BCUT2D eigenvalue weighted by molar-refractivity contribution is 5.85. The van der Waals surface area contributed by atoms with Gasteiger partial charge in [-0.2, -0.15) is 0 Å². The van der Waals surface area contributed by atoms with Crippen LogP contribution in [0, 0.1) is 0 Å². The largest absolute Gasteiger partial charge is 0.508 e. The first-order chi connectivity index (χ1) is 10.8. The molecule has 5 heteroatoms. The molecular weight excluding hydrogens is 284 g/mol. The van der Waals surface area contributed by atoms with Gasteiger partial charge in [-0.3, -0.25) is 0 Å². The van der Waals surface area contributed by atoms with Crippen LogP contribution < -0.4 is 4.74 Å². The third-order valence-corrected chi connectivity index (χ3v) is 3.10. The summed E-state index contributed by atoms with van der Waals surface area (Å²) >= 11 is 0. The van der Waals surface area contributed by atoms with Crippen molar-refractivity contribution in [2.75, 3.05) is 46.8 Å². The monoisotopic (exact) mass is 306 g/mol. The van der Waals surface area contributed by atoms with Gasteiger partial charge in [-0.15, -0.1) is 0 Å². The van der Waals surface area contributed by atoms with E-state index in [9.17, 15) is 5.11 Å². The third-order valence-electron chi connectivity index (χ3n) is 3.10. The van der Waals surface area contributed by atoms with Crippen LogP contribution in [0.2, 0.25) is 0 Å². The van der Waals surface area contributed by atoms with E-state index in [0.717, 1.165) is 16.5 Å². The Morgan fingerprint density at radius 2 is 1.41 bits per heavy atom. The molecule has 0 atom stereocenters. The molecule has 0 saturated carbocycles. The van der Waals surface area contributed by atoms with Crippen molar-refractivity contribution in [1.29, 1.82) is 0 Å². The van der Waals surface area contributed by atoms with Crippen LogP contribution in [-0.2, 0) is 14.2 Å². The quantitative estimate of drug-likeness (QED) is 0.684. The van der Waals surface area contributed by atoms with Gasteiger partial charge in [0, 0.05) is 7.11 Å². The number of phenols is 1. The standard InChI is InChI=1S/C17H22O5/c1-19-6-7-20-8-9-21-10-11-22-17-5-3-14-12-16(18)4-2-15(14)13-17/h2-5,12-13,18H,6-11H2,1H3. The summed E-state index contributed by atoms with van der Waals surface area (Å²) in [6, 6.07) is 11.0. The van der Waals surface area contributed by atoms with Crippen LogP contribution in [0.3, 0.4) is 0 Å². The molecule has 0 amide bonds. The fraction of sp³-hybridized carbons (Fsp3) is 0.412. The van der Waals surface area contributed by atoms with Crippen molar-refractivity contribution in [1.82, 2.24) is 0 Å². The lowest BCUT2D eigenvalue weighted by Crippen LogP contribution is -2.12. The number of rotatable bonds is 10. The summed E-state index contributed by atoms with van der Waals surface area (Å²) in [4.78, 5) is 0. The Hall–Kier alpha value is -1.82. The normalized spacial score (nSPS) is 11.0. The molecule has 0 aliphatic rings. The molecule has 2 aromatic carbocycles. The van der Waals surface area contributed by atoms with E-state index >= 15 is 0 Å². The van der Waals surface area contributed by atoms with Gasteiger partial charge in [0.15, 0.2) is 0 Å². The van der Waals surface area contributed by atoms with Crippen molar-refractivity contribution >= 4 is 10.8 Å². The first kappa shape index (κ1) is 16.5. The van der Waals surface area contributed by atoms with Crippen LogP contribution in [0.15, 0.2) is 36.4 Å². The molecule has 22 heavy (non-hydrogen) atoms. The number of phenolic OH excluding ortho intramolecular Hbond substituents is 1. The maximum absolute atomic E-state index is 9.43. The maximum Gasteiger partial charge on any atom is 0.120 e. The minimum absolute atomic E-state index is 0.266. The number of benzene rings is 2. The highest BCUT2D eigenvalue weighted by Crippen LogP contribution is 2.24. The van der Waals surface area contributed by atoms with Gasteiger partial charge >= 0.3 is 0 Å². The van der Waals surface area contributed by atoms with E-state index in [-0.39, 0.29) is 5.75 Å². The Balaban J connectivity index is 1.64. The molecule has 0 radical (unpaired) electrons. The molecule has 0 saturated heterocycles. The topological polar surface area (TPSA) is 57.2 Å². The minimum atomic E-state index is 0.266. The molecule has 0 unspecified atom stereocenters. The summed E-state index contributed by atoms with van der Waals surface area (Å²) in [6.07, 6.45) is 0. The number of ether oxygens (including phenoxy) is 4. The van der Waals surface area contributed by atoms with Crippen molar-refractivity contribution in [3.05, 3.63) is 36.4 Å². The average Bonchev–Trinajstić information content (AvgIpc) is 2.53. The predicted octanol–water partition coefficient (Wildman–Crippen LogP) is 2.60. The second-order valence-corrected chi connectivity index (χ2v) is 4.76. The van der Waals surface area contributed by atoms with E-state index in [1.807, 2.05) is 24.3 Å². The van der Waals surface area contributed by atoms with E-state index in [1.54, 1.807) is 19.2 Å². The number of aromatic hydroxyl groups is 1. The highest BCUT2D eigenvalue weighted by atomic mass is 16.6. The zero-order valence-electron chi connectivity index (χ0n) is 12.8. The molecule has 0 aliphatic carbocycles. The molecule has 0 aliphatic heterocycles. The zero-order valence-corrected chi connectivity index (χ0v) is 12.8. The van der Waals surface area contributed by atoms with E-state index in [4.69, 9.17) is 18.9 Å². The van der Waals surface area contributed by atoms with E-state index < -0.39 is 0 Å². The first-order valence-corrected chi connectivity index (χ1v) is 7.29. The SMILES string of the molecule is COCCOCCOCCOc1ccc2cc(O)ccc2c1. The fourth-order valence-corrected chi connectivity index (χ4v) is 1.98. The molecule has 0 fully saturated rings. The minimum Gasteiger partial charge on any atom is -0.508 e. The summed E-state index contributed by atoms with van der Waals surface area (Å²) in [5.74, 6) is 1.06. The highest BCUT2D eigenvalue weighted by Gasteiger charge is 1.99. The van der Waals surface area contributed by atoms with E-state index in [1.165, 1.54) is 0 Å². The summed E-state index contributed by atoms with van der Waals surface area (Å²) in [5.41, 5.74) is 0. The zero-order chi connectivity index (χ0) is 15.6. The van der Waals surface area contributed by atoms with Gasteiger partial charge < -0.3 is 24.1 Å². The second-order valence-electron chi connectivity index (χ2n) is 4.76. The van der Waals surface area contributed by atoms with Gasteiger partial charge in [-0.05, 0) is 35.0 Å². The molecule has 2 rings (SSSR count). The number of methoxy groups -OCH3 is 1. The fourth-order valence-electron chi connectivity index (χ4n) is 1.98. The summed E-state index contributed by atoms with van der Waals surface area (Å²) in [7, 11) is 1.65. The Bertz CT molecular complexity index is 570. The van der Waals surface area contributed by atoms with Gasteiger partial charge in [0.25, 0.3) is 0 Å². The third kappa shape index (κ3) is 5.52. The predicted molar refractivity (Wildman–Crippen MR) is 84.6 cm³/mol. The lowest BCUT2D eigenvalue weighted by atomic mass is 10.1. The van der Waals surface area contributed by atoms with Gasteiger partial charge in [-0.25, -0.2) is 0 Å². The molecule has 0 spiro atoms. The van der Waals surface area contributed by atoms with Crippen LogP contribution in [0.5, 0.6) is 11.5 Å². The van der Waals surface area contributed by atoms with Crippen molar-refractivity contribution in [3.63, 3.8) is 0 Å². The summed E-state index contributed by atoms with van der Waals surface area (Å²) < 4.78 is 21.2. The number of hydrogen-bond acceptors (Lipinski definition) is 5. The van der Waals surface area contributed by atoms with Gasteiger partial charge in [0.1, 0.15) is 18.1 Å². The van der Waals surface area contributed by atoms with Crippen LogP contribution >= 0.6 is 0 Å². The molecular formula is C17H22O5. The van der Waals surface area contributed by atoms with Crippen LogP contribution in [0.4, 0.5) is 0 Å². The van der Waals surface area contributed by atoms with Crippen molar-refractivity contribution in [3.8, 4) is 11.5 Å². The Labute approximate surface area is 130 Å². The summed E-state index contributed by atoms with van der Waals surface area (Å²) in [6.45, 7) is 3.29. The molecule has 0 aromatic heterocycles. The van der Waals surface area contributed by atoms with Crippen molar-refractivity contribution in [2.45, 2.75) is 0 Å². The lowest BCUT2D eigenvalue weighted by molar-refractivity contribution is 0.0180. The van der Waals surface area contributed by atoms with Gasteiger partial charge in [0.2, 0.25) is 0 Å². The molecule has 2 aromatic rings. The molecule has 5 nitrogen and oxygen atoms in total. The number of hydrogen-bond donors (Lipinski definition) is 1. The number of fused-ring (bicyclic) bond motifs is 1. The molecule has 120 valence electrons. The molecule has 0 bridgehead atoms. The van der Waals surface area contributed by atoms with Crippen molar-refractivity contribution < 1.29 is 24.1 Å². The van der Waals surface area contributed by atoms with Crippen LogP contribution in [-0.4, -0.2) is 51.9 Å². The van der Waals surface area contributed by atoms with Gasteiger partial charge in [-0.1, -0.05) is 12.1 Å². The molecule has 1 N–H and O–H groups in total. The Morgan fingerprint density at radius 1 is 0.773 bits per heavy atom. The van der Waals surface area contributed by atoms with Crippen molar-refractivity contribution in [2.24, 2.45) is 0 Å². The van der Waals surface area contributed by atoms with Crippen LogP contribution in [0.25, 0.3) is 10.8 Å².